The van der Waals surface area contributed by atoms with Crippen LogP contribution in [0.25, 0.3) is 0 Å². The summed E-state index contributed by atoms with van der Waals surface area (Å²) >= 11 is 0. The second-order valence-electron chi connectivity index (χ2n) is 7.27. The van der Waals surface area contributed by atoms with E-state index in [0.717, 1.165) is 57.8 Å². The molecule has 5 heteroatoms. The van der Waals surface area contributed by atoms with E-state index in [4.69, 9.17) is 0 Å². The smallest absolute Gasteiger partial charge is 0.320 e. The SMILES string of the molecule is O=C(N1CCN(C2CCNCC2)CC1)N1CC2CCC1C2. The summed E-state index contributed by atoms with van der Waals surface area (Å²) < 4.78 is 0. The number of nitrogens with zero attached hydrogens (tertiary/aromatic N) is 3. The van der Waals surface area contributed by atoms with Crippen LogP contribution in [0.4, 0.5) is 4.79 Å². The molecule has 3 heterocycles. The van der Waals surface area contributed by atoms with Gasteiger partial charge in [0.05, 0.1) is 0 Å². The van der Waals surface area contributed by atoms with Crippen molar-refractivity contribution in [2.45, 2.75) is 44.2 Å². The van der Waals surface area contributed by atoms with Gasteiger partial charge < -0.3 is 15.1 Å². The molecule has 1 aliphatic carbocycles. The van der Waals surface area contributed by atoms with Crippen LogP contribution in [0.5, 0.6) is 0 Å². The lowest BCUT2D eigenvalue weighted by atomic mass is 10.0. The quantitative estimate of drug-likeness (QED) is 0.782. The highest BCUT2D eigenvalue weighted by molar-refractivity contribution is 5.75. The van der Waals surface area contributed by atoms with Crippen molar-refractivity contribution in [1.29, 1.82) is 0 Å². The van der Waals surface area contributed by atoms with Gasteiger partial charge in [0.2, 0.25) is 0 Å². The Morgan fingerprint density at radius 1 is 0.905 bits per heavy atom. The van der Waals surface area contributed by atoms with E-state index in [1.54, 1.807) is 0 Å². The monoisotopic (exact) mass is 292 g/mol. The Morgan fingerprint density at radius 2 is 1.67 bits per heavy atom. The van der Waals surface area contributed by atoms with Crippen molar-refractivity contribution in [2.75, 3.05) is 45.8 Å². The molecule has 1 saturated carbocycles. The zero-order chi connectivity index (χ0) is 14.2. The lowest BCUT2D eigenvalue weighted by molar-refractivity contribution is 0.0759. The van der Waals surface area contributed by atoms with Crippen molar-refractivity contribution in [1.82, 2.24) is 20.0 Å². The number of likely N-dealkylation sites (tertiary alicyclic amines) is 1. The number of rotatable bonds is 1. The van der Waals surface area contributed by atoms with Crippen LogP contribution in [0.2, 0.25) is 0 Å². The van der Waals surface area contributed by atoms with Gasteiger partial charge in [-0.15, -0.1) is 0 Å². The van der Waals surface area contributed by atoms with Gasteiger partial charge in [-0.2, -0.15) is 0 Å². The molecule has 1 N–H and O–H groups in total. The van der Waals surface area contributed by atoms with E-state index < -0.39 is 0 Å². The molecule has 2 atom stereocenters. The molecule has 0 aromatic heterocycles. The molecular formula is C16H28N4O. The van der Waals surface area contributed by atoms with E-state index in [0.29, 0.717) is 12.1 Å². The van der Waals surface area contributed by atoms with Crippen LogP contribution in [0.3, 0.4) is 0 Å². The van der Waals surface area contributed by atoms with E-state index in [2.05, 4.69) is 20.0 Å². The second-order valence-corrected chi connectivity index (χ2v) is 7.27. The Labute approximate surface area is 127 Å². The first-order valence-corrected chi connectivity index (χ1v) is 8.81. The highest BCUT2D eigenvalue weighted by Crippen LogP contribution is 2.37. The van der Waals surface area contributed by atoms with Gasteiger partial charge in [-0.1, -0.05) is 0 Å². The molecule has 21 heavy (non-hydrogen) atoms. The average Bonchev–Trinajstić information content (AvgIpc) is 3.18. The highest BCUT2D eigenvalue weighted by Gasteiger charge is 2.42. The molecule has 0 radical (unpaired) electrons. The second kappa shape index (κ2) is 5.76. The molecule has 0 aromatic carbocycles. The number of amides is 2. The summed E-state index contributed by atoms with van der Waals surface area (Å²) in [6, 6.07) is 1.63. The molecule has 118 valence electrons. The molecular weight excluding hydrogens is 264 g/mol. The van der Waals surface area contributed by atoms with Crippen molar-refractivity contribution in [3.63, 3.8) is 0 Å². The lowest BCUT2D eigenvalue weighted by Crippen LogP contribution is -2.57. The maximum Gasteiger partial charge on any atom is 0.320 e. The van der Waals surface area contributed by atoms with Gasteiger partial charge in [-0.3, -0.25) is 4.90 Å². The van der Waals surface area contributed by atoms with Crippen LogP contribution in [0, 0.1) is 5.92 Å². The summed E-state index contributed by atoms with van der Waals surface area (Å²) in [5, 5.41) is 3.44. The van der Waals surface area contributed by atoms with E-state index in [-0.39, 0.29) is 0 Å². The molecule has 4 fully saturated rings. The third kappa shape index (κ3) is 2.66. The lowest BCUT2D eigenvalue weighted by Gasteiger charge is -2.42. The number of carbonyl (C=O) groups is 1. The van der Waals surface area contributed by atoms with Crippen LogP contribution in [-0.2, 0) is 0 Å². The Balaban J connectivity index is 1.29. The fourth-order valence-electron chi connectivity index (χ4n) is 4.79. The number of piperidine rings is 2. The molecule has 4 rings (SSSR count). The highest BCUT2D eigenvalue weighted by atomic mass is 16.2. The first-order valence-electron chi connectivity index (χ1n) is 8.81. The number of fused-ring (bicyclic) bond motifs is 2. The molecule has 2 unspecified atom stereocenters. The Morgan fingerprint density at radius 3 is 2.29 bits per heavy atom. The number of hydrogen-bond acceptors (Lipinski definition) is 3. The van der Waals surface area contributed by atoms with Crippen molar-refractivity contribution in [3.8, 4) is 0 Å². The fourth-order valence-corrected chi connectivity index (χ4v) is 4.79. The van der Waals surface area contributed by atoms with Crippen LogP contribution in [0.1, 0.15) is 32.1 Å². The van der Waals surface area contributed by atoms with Crippen molar-refractivity contribution in [2.24, 2.45) is 5.92 Å². The molecule has 3 aliphatic heterocycles. The third-order valence-electron chi connectivity index (χ3n) is 6.06. The van der Waals surface area contributed by atoms with Gasteiger partial charge in [-0.25, -0.2) is 4.79 Å². The van der Waals surface area contributed by atoms with Gasteiger partial charge in [0.25, 0.3) is 0 Å². The minimum absolute atomic E-state index is 0.326. The molecule has 5 nitrogen and oxygen atoms in total. The maximum atomic E-state index is 12.7. The summed E-state index contributed by atoms with van der Waals surface area (Å²) in [6.07, 6.45) is 6.39. The molecule has 2 amide bonds. The van der Waals surface area contributed by atoms with Crippen molar-refractivity contribution in [3.05, 3.63) is 0 Å². The summed E-state index contributed by atoms with van der Waals surface area (Å²) in [5.74, 6) is 0.801. The predicted molar refractivity (Wildman–Crippen MR) is 82.3 cm³/mol. The molecule has 4 aliphatic rings. The van der Waals surface area contributed by atoms with Crippen LogP contribution < -0.4 is 5.32 Å². The fraction of sp³-hybridized carbons (Fsp3) is 0.938. The minimum Gasteiger partial charge on any atom is -0.322 e. The zero-order valence-electron chi connectivity index (χ0n) is 13.0. The van der Waals surface area contributed by atoms with E-state index in [1.807, 2.05) is 0 Å². The van der Waals surface area contributed by atoms with E-state index in [9.17, 15) is 4.79 Å². The summed E-state index contributed by atoms with van der Waals surface area (Å²) in [7, 11) is 0. The standard InChI is InChI=1S/C16H28N4O/c21-16(20-12-13-1-2-15(20)11-13)19-9-7-18(8-10-19)14-3-5-17-6-4-14/h13-15,17H,1-12H2. The largest absolute Gasteiger partial charge is 0.322 e. The van der Waals surface area contributed by atoms with Crippen molar-refractivity contribution < 1.29 is 4.79 Å². The van der Waals surface area contributed by atoms with Gasteiger partial charge in [0, 0.05) is 44.8 Å². The first kappa shape index (κ1) is 13.8. The summed E-state index contributed by atoms with van der Waals surface area (Å²) in [6.45, 7) is 7.32. The van der Waals surface area contributed by atoms with E-state index in [1.165, 1.54) is 32.1 Å². The number of hydrogen-bond donors (Lipinski definition) is 1. The van der Waals surface area contributed by atoms with E-state index >= 15 is 0 Å². The Kier molecular flexibility index (Phi) is 3.79. The van der Waals surface area contributed by atoms with Crippen LogP contribution >= 0.6 is 0 Å². The van der Waals surface area contributed by atoms with Gasteiger partial charge >= 0.3 is 6.03 Å². The molecule has 2 bridgehead atoms. The van der Waals surface area contributed by atoms with Gasteiger partial charge in [0.1, 0.15) is 0 Å². The molecule has 3 saturated heterocycles. The van der Waals surface area contributed by atoms with Crippen LogP contribution in [0.15, 0.2) is 0 Å². The predicted octanol–water partition coefficient (Wildman–Crippen LogP) is 0.960. The number of carbonyl (C=O) groups excluding carboxylic acids is 1. The van der Waals surface area contributed by atoms with Gasteiger partial charge in [0.15, 0.2) is 0 Å². The first-order chi connectivity index (χ1) is 10.3. The van der Waals surface area contributed by atoms with Crippen LogP contribution in [-0.4, -0.2) is 78.6 Å². The molecule has 0 spiro atoms. The number of nitrogens with one attached hydrogen (secondary N) is 1. The third-order valence-corrected chi connectivity index (χ3v) is 6.06. The Hall–Kier alpha value is -0.810. The number of urea groups is 1. The average molecular weight is 292 g/mol. The number of piperazine rings is 1. The molecule has 0 aromatic rings. The van der Waals surface area contributed by atoms with Gasteiger partial charge in [-0.05, 0) is 51.1 Å². The summed E-state index contributed by atoms with van der Waals surface area (Å²) in [5.41, 5.74) is 0. The van der Waals surface area contributed by atoms with Crippen molar-refractivity contribution >= 4 is 6.03 Å². The zero-order valence-corrected chi connectivity index (χ0v) is 13.0. The Bertz CT molecular complexity index is 388. The maximum absolute atomic E-state index is 12.7. The summed E-state index contributed by atoms with van der Waals surface area (Å²) in [4.78, 5) is 19.6. The minimum atomic E-state index is 0.326. The topological polar surface area (TPSA) is 38.8 Å². The normalized spacial score (nSPS) is 34.7.